The molecule has 0 unspecified atom stereocenters. The maximum absolute atomic E-state index is 11.6. The van der Waals surface area contributed by atoms with Crippen LogP contribution in [0.15, 0.2) is 53.0 Å². The van der Waals surface area contributed by atoms with Crippen molar-refractivity contribution in [3.8, 4) is 0 Å². The van der Waals surface area contributed by atoms with E-state index in [-0.39, 0.29) is 0 Å². The normalized spacial score (nSPS) is 11.3. The summed E-state index contributed by atoms with van der Waals surface area (Å²) in [5, 5.41) is 0. The second-order valence-corrected chi connectivity index (χ2v) is 6.23. The Morgan fingerprint density at radius 3 is 1.79 bits per heavy atom. The molecule has 0 bridgehead atoms. The van der Waals surface area contributed by atoms with Crippen molar-refractivity contribution in [3.05, 3.63) is 58.6 Å². The van der Waals surface area contributed by atoms with E-state index < -0.39 is 10.3 Å². The van der Waals surface area contributed by atoms with E-state index in [1.165, 1.54) is 0 Å². The van der Waals surface area contributed by atoms with Gasteiger partial charge in [-0.25, -0.2) is 4.31 Å². The fraction of sp³-hybridized carbons (Fsp3) is 0.0769. The third-order valence-electron chi connectivity index (χ3n) is 2.56. The van der Waals surface area contributed by atoms with Crippen LogP contribution in [0.1, 0.15) is 5.56 Å². The van der Waals surface area contributed by atoms with Crippen molar-refractivity contribution in [3.63, 3.8) is 0 Å². The van der Waals surface area contributed by atoms with Crippen LogP contribution in [0.25, 0.3) is 0 Å². The maximum atomic E-state index is 11.6. The lowest BCUT2D eigenvalue weighted by molar-refractivity contribution is 0.483. The van der Waals surface area contributed by atoms with Gasteiger partial charge in [0.1, 0.15) is 0 Å². The van der Waals surface area contributed by atoms with Gasteiger partial charge in [0.05, 0.1) is 11.4 Å². The van der Waals surface area contributed by atoms with Crippen molar-refractivity contribution in [2.75, 3.05) is 4.31 Å². The molecular formula is C13H12BrNO3S. The minimum absolute atomic E-state index is 0.370. The van der Waals surface area contributed by atoms with Crippen LogP contribution in [0.2, 0.25) is 0 Å². The lowest BCUT2D eigenvalue weighted by Crippen LogP contribution is -2.25. The molecule has 100 valence electrons. The summed E-state index contributed by atoms with van der Waals surface area (Å²) in [6.07, 6.45) is 0. The Bertz CT molecular complexity index is 621. The Hall–Kier alpha value is -1.37. The Morgan fingerprint density at radius 2 is 1.37 bits per heavy atom. The molecule has 0 atom stereocenters. The number of benzene rings is 2. The number of rotatable bonds is 3. The van der Waals surface area contributed by atoms with Gasteiger partial charge in [0, 0.05) is 4.47 Å². The van der Waals surface area contributed by atoms with Crippen molar-refractivity contribution in [2.45, 2.75) is 6.92 Å². The molecule has 0 spiro atoms. The zero-order valence-electron chi connectivity index (χ0n) is 10.1. The van der Waals surface area contributed by atoms with Gasteiger partial charge in [-0.3, -0.25) is 4.55 Å². The van der Waals surface area contributed by atoms with Crippen LogP contribution in [-0.4, -0.2) is 13.0 Å². The molecule has 19 heavy (non-hydrogen) atoms. The van der Waals surface area contributed by atoms with Crippen molar-refractivity contribution in [1.82, 2.24) is 0 Å². The fourth-order valence-corrected chi connectivity index (χ4v) is 2.71. The Labute approximate surface area is 120 Å². The molecule has 2 rings (SSSR count). The van der Waals surface area contributed by atoms with Crippen molar-refractivity contribution >= 4 is 37.6 Å². The summed E-state index contributed by atoms with van der Waals surface area (Å²) in [5.41, 5.74) is 1.76. The van der Waals surface area contributed by atoms with E-state index in [4.69, 9.17) is 0 Å². The molecule has 0 aromatic heterocycles. The topological polar surface area (TPSA) is 57.6 Å². The highest BCUT2D eigenvalue weighted by Crippen LogP contribution is 2.29. The highest BCUT2D eigenvalue weighted by molar-refractivity contribution is 9.10. The van der Waals surface area contributed by atoms with Crippen LogP contribution in [-0.2, 0) is 10.3 Å². The predicted octanol–water partition coefficient (Wildman–Crippen LogP) is 3.70. The first-order chi connectivity index (χ1) is 8.88. The van der Waals surface area contributed by atoms with Crippen LogP contribution < -0.4 is 4.31 Å². The molecule has 0 saturated heterocycles. The van der Waals surface area contributed by atoms with E-state index >= 15 is 0 Å². The molecule has 0 aliphatic rings. The Balaban J connectivity index is 2.54. The second kappa shape index (κ2) is 5.32. The van der Waals surface area contributed by atoms with Crippen LogP contribution in [0.3, 0.4) is 0 Å². The largest absolute Gasteiger partial charge is 0.364 e. The number of anilines is 2. The van der Waals surface area contributed by atoms with Crippen molar-refractivity contribution < 1.29 is 13.0 Å². The van der Waals surface area contributed by atoms with Crippen molar-refractivity contribution in [2.24, 2.45) is 0 Å². The molecule has 0 radical (unpaired) electrons. The van der Waals surface area contributed by atoms with Gasteiger partial charge in [-0.05, 0) is 43.3 Å². The number of hydrogen-bond acceptors (Lipinski definition) is 2. The Morgan fingerprint density at radius 1 is 0.947 bits per heavy atom. The van der Waals surface area contributed by atoms with Gasteiger partial charge in [0.15, 0.2) is 0 Å². The molecule has 2 aromatic carbocycles. The monoisotopic (exact) mass is 341 g/mol. The smallest absolute Gasteiger partial charge is 0.269 e. The first-order valence-corrected chi connectivity index (χ1v) is 7.67. The maximum Gasteiger partial charge on any atom is 0.364 e. The third kappa shape index (κ3) is 3.34. The summed E-state index contributed by atoms with van der Waals surface area (Å²) < 4.78 is 34.3. The summed E-state index contributed by atoms with van der Waals surface area (Å²) in [4.78, 5) is 0. The third-order valence-corrected chi connectivity index (χ3v) is 3.97. The molecule has 2 aromatic rings. The summed E-state index contributed by atoms with van der Waals surface area (Å²) in [6.45, 7) is 1.90. The van der Waals surface area contributed by atoms with Gasteiger partial charge in [-0.2, -0.15) is 8.42 Å². The molecular weight excluding hydrogens is 330 g/mol. The molecule has 0 aliphatic carbocycles. The molecule has 0 saturated carbocycles. The summed E-state index contributed by atoms with van der Waals surface area (Å²) in [7, 11) is -4.38. The predicted molar refractivity (Wildman–Crippen MR) is 79.0 cm³/mol. The van der Waals surface area contributed by atoms with Crippen LogP contribution in [0, 0.1) is 6.92 Å². The average molecular weight is 342 g/mol. The van der Waals surface area contributed by atoms with Gasteiger partial charge < -0.3 is 0 Å². The molecule has 0 fully saturated rings. The molecule has 0 aliphatic heterocycles. The number of nitrogens with zero attached hydrogens (tertiary/aromatic N) is 1. The lowest BCUT2D eigenvalue weighted by atomic mass is 10.2. The minimum Gasteiger partial charge on any atom is -0.269 e. The number of aryl methyl sites for hydroxylation is 1. The van der Waals surface area contributed by atoms with E-state index in [1.54, 1.807) is 48.5 Å². The number of halogens is 1. The molecule has 1 N–H and O–H groups in total. The van der Waals surface area contributed by atoms with Gasteiger partial charge >= 0.3 is 10.3 Å². The lowest BCUT2D eigenvalue weighted by Gasteiger charge is -2.21. The first kappa shape index (κ1) is 14.0. The van der Waals surface area contributed by atoms with E-state index in [2.05, 4.69) is 15.9 Å². The first-order valence-electron chi connectivity index (χ1n) is 5.48. The molecule has 0 amide bonds. The quantitative estimate of drug-likeness (QED) is 0.866. The van der Waals surface area contributed by atoms with Crippen molar-refractivity contribution in [1.29, 1.82) is 0 Å². The van der Waals surface area contributed by atoms with E-state index in [0.29, 0.717) is 11.4 Å². The Kier molecular flexibility index (Phi) is 3.93. The summed E-state index contributed by atoms with van der Waals surface area (Å²) in [5.74, 6) is 0. The van der Waals surface area contributed by atoms with Gasteiger partial charge in [-0.15, -0.1) is 0 Å². The zero-order valence-corrected chi connectivity index (χ0v) is 12.5. The molecule has 6 heteroatoms. The van der Waals surface area contributed by atoms with E-state index in [0.717, 1.165) is 14.3 Å². The van der Waals surface area contributed by atoms with E-state index in [9.17, 15) is 13.0 Å². The highest BCUT2D eigenvalue weighted by atomic mass is 79.9. The van der Waals surface area contributed by atoms with Crippen LogP contribution in [0.4, 0.5) is 11.4 Å². The SMILES string of the molecule is Cc1ccc(N(c2ccc(Br)cc2)S(=O)(=O)O)cc1. The fourth-order valence-electron chi connectivity index (χ4n) is 1.67. The van der Waals surface area contributed by atoms with Crippen LogP contribution in [0.5, 0.6) is 0 Å². The molecule has 0 heterocycles. The highest BCUT2D eigenvalue weighted by Gasteiger charge is 2.21. The van der Waals surface area contributed by atoms with Gasteiger partial charge in [-0.1, -0.05) is 33.6 Å². The summed E-state index contributed by atoms with van der Waals surface area (Å²) in [6, 6.07) is 13.5. The summed E-state index contributed by atoms with van der Waals surface area (Å²) >= 11 is 3.28. The number of hydrogen-bond donors (Lipinski definition) is 1. The minimum atomic E-state index is -4.38. The zero-order chi connectivity index (χ0) is 14.0. The van der Waals surface area contributed by atoms with E-state index in [1.807, 2.05) is 6.92 Å². The average Bonchev–Trinajstić information content (AvgIpc) is 2.33. The second-order valence-electron chi connectivity index (χ2n) is 4.05. The van der Waals surface area contributed by atoms with Gasteiger partial charge in [0.2, 0.25) is 0 Å². The molecule has 4 nitrogen and oxygen atoms in total. The van der Waals surface area contributed by atoms with Gasteiger partial charge in [0.25, 0.3) is 0 Å². The van der Waals surface area contributed by atoms with Crippen LogP contribution >= 0.6 is 15.9 Å². The standard InChI is InChI=1S/C13H12BrNO3S/c1-10-2-6-12(7-3-10)15(19(16,17)18)13-8-4-11(14)5-9-13/h2-9H,1H3,(H,16,17,18).